The molecule has 3 N–H and O–H groups in total. The maximum absolute atomic E-state index is 13.2. The van der Waals surface area contributed by atoms with E-state index in [4.69, 9.17) is 0 Å². The van der Waals surface area contributed by atoms with Gasteiger partial charge in [-0.25, -0.2) is 9.97 Å². The highest BCUT2D eigenvalue weighted by atomic mass is 16.2. The van der Waals surface area contributed by atoms with Crippen LogP contribution in [0.3, 0.4) is 0 Å². The van der Waals surface area contributed by atoms with Crippen molar-refractivity contribution in [3.05, 3.63) is 90.5 Å². The number of nitrogens with zero attached hydrogens (tertiary/aromatic N) is 3. The standard InChI is InChI=1S/C28H34N6O/c1-4-29-28(35)25-24(32-17-20(2)3)19-34(27(25)33-23-9-6-5-7-10-23)18-21-11-13-22(14-12-21)26-30-15-8-16-31-26/h5-16,19-20,25,27,32-33H,4,17-18H2,1-3H3,(H,29,35). The largest absolute Gasteiger partial charge is 0.386 e. The Hall–Kier alpha value is -3.87. The Labute approximate surface area is 207 Å². The first kappa shape index (κ1) is 24.3. The Kier molecular flexibility index (Phi) is 7.98. The SMILES string of the molecule is CCNC(=O)C1C(NCC(C)C)=CN(Cc2ccc(-c3ncccn3)cc2)C1Nc1ccccc1. The molecule has 0 aliphatic carbocycles. The van der Waals surface area contributed by atoms with Gasteiger partial charge < -0.3 is 20.9 Å². The molecule has 7 heteroatoms. The Morgan fingerprint density at radius 1 is 1.00 bits per heavy atom. The number of rotatable bonds is 10. The van der Waals surface area contributed by atoms with Crippen molar-refractivity contribution in [3.8, 4) is 11.4 Å². The van der Waals surface area contributed by atoms with Gasteiger partial charge in [0.15, 0.2) is 5.82 Å². The molecule has 2 aromatic carbocycles. The van der Waals surface area contributed by atoms with Gasteiger partial charge in [-0.15, -0.1) is 0 Å². The quantitative estimate of drug-likeness (QED) is 0.411. The predicted molar refractivity (Wildman–Crippen MR) is 140 cm³/mol. The fourth-order valence-corrected chi connectivity index (χ4v) is 4.18. The van der Waals surface area contributed by atoms with Crippen molar-refractivity contribution in [2.45, 2.75) is 33.5 Å². The molecule has 0 bridgehead atoms. The number of hydrogen-bond acceptors (Lipinski definition) is 6. The van der Waals surface area contributed by atoms with E-state index in [1.54, 1.807) is 12.4 Å². The van der Waals surface area contributed by atoms with Crippen molar-refractivity contribution in [2.24, 2.45) is 11.8 Å². The summed E-state index contributed by atoms with van der Waals surface area (Å²) < 4.78 is 0. The number of amides is 1. The second kappa shape index (κ2) is 11.5. The molecule has 1 aliphatic heterocycles. The van der Waals surface area contributed by atoms with Crippen LogP contribution in [0.5, 0.6) is 0 Å². The first-order valence-electron chi connectivity index (χ1n) is 12.2. The molecule has 0 spiro atoms. The lowest BCUT2D eigenvalue weighted by Crippen LogP contribution is -2.47. The number of carbonyl (C=O) groups excluding carboxylic acids is 1. The molecule has 2 heterocycles. The summed E-state index contributed by atoms with van der Waals surface area (Å²) in [4.78, 5) is 24.1. The van der Waals surface area contributed by atoms with Crippen LogP contribution in [0.2, 0.25) is 0 Å². The first-order chi connectivity index (χ1) is 17.0. The van der Waals surface area contributed by atoms with Crippen LogP contribution < -0.4 is 16.0 Å². The van der Waals surface area contributed by atoms with Gasteiger partial charge in [-0.1, -0.05) is 56.3 Å². The van der Waals surface area contributed by atoms with Gasteiger partial charge in [-0.2, -0.15) is 0 Å². The molecule has 0 fully saturated rings. The van der Waals surface area contributed by atoms with E-state index >= 15 is 0 Å². The van der Waals surface area contributed by atoms with Crippen LogP contribution in [0.25, 0.3) is 11.4 Å². The molecule has 0 radical (unpaired) electrons. The average Bonchev–Trinajstić information content (AvgIpc) is 3.21. The van der Waals surface area contributed by atoms with Gasteiger partial charge in [0.2, 0.25) is 5.91 Å². The van der Waals surface area contributed by atoms with Crippen LogP contribution in [-0.4, -0.2) is 40.0 Å². The van der Waals surface area contributed by atoms with Gasteiger partial charge in [0.1, 0.15) is 12.1 Å². The van der Waals surface area contributed by atoms with E-state index in [1.807, 2.05) is 55.5 Å². The Morgan fingerprint density at radius 2 is 1.71 bits per heavy atom. The van der Waals surface area contributed by atoms with Gasteiger partial charge in [0, 0.05) is 55.2 Å². The van der Waals surface area contributed by atoms with E-state index in [1.165, 1.54) is 0 Å². The van der Waals surface area contributed by atoms with Crippen LogP contribution in [0.4, 0.5) is 5.69 Å². The summed E-state index contributed by atoms with van der Waals surface area (Å²) in [5.74, 6) is 0.835. The Balaban J connectivity index is 1.61. The minimum atomic E-state index is -0.356. The molecule has 3 aromatic rings. The van der Waals surface area contributed by atoms with E-state index in [2.05, 4.69) is 63.0 Å². The molecule has 1 aromatic heterocycles. The maximum Gasteiger partial charge on any atom is 0.233 e. The minimum Gasteiger partial charge on any atom is -0.386 e. The normalized spacial score (nSPS) is 17.3. The lowest BCUT2D eigenvalue weighted by Gasteiger charge is -2.31. The predicted octanol–water partition coefficient (Wildman–Crippen LogP) is 4.24. The van der Waals surface area contributed by atoms with Crippen molar-refractivity contribution in [3.63, 3.8) is 0 Å². The fraction of sp³-hybridized carbons (Fsp3) is 0.321. The third-order valence-corrected chi connectivity index (χ3v) is 5.89. The summed E-state index contributed by atoms with van der Waals surface area (Å²) in [6, 6.07) is 20.1. The molecule has 1 amide bonds. The topological polar surface area (TPSA) is 82.2 Å². The maximum atomic E-state index is 13.2. The highest BCUT2D eigenvalue weighted by Crippen LogP contribution is 2.30. The van der Waals surface area contributed by atoms with Crippen LogP contribution in [0.1, 0.15) is 26.3 Å². The molecule has 2 atom stereocenters. The summed E-state index contributed by atoms with van der Waals surface area (Å²) in [5.41, 5.74) is 4.03. The smallest absolute Gasteiger partial charge is 0.233 e. The zero-order valence-electron chi connectivity index (χ0n) is 20.6. The zero-order chi connectivity index (χ0) is 24.6. The number of nitrogens with one attached hydrogen (secondary N) is 3. The number of anilines is 1. The molecular formula is C28H34N6O. The highest BCUT2D eigenvalue weighted by Gasteiger charge is 2.40. The summed E-state index contributed by atoms with van der Waals surface area (Å²) in [7, 11) is 0. The molecule has 182 valence electrons. The van der Waals surface area contributed by atoms with Gasteiger partial charge in [0.05, 0.1) is 0 Å². The molecule has 2 unspecified atom stereocenters. The molecule has 1 aliphatic rings. The molecule has 35 heavy (non-hydrogen) atoms. The van der Waals surface area contributed by atoms with Gasteiger partial charge in [0.25, 0.3) is 0 Å². The minimum absolute atomic E-state index is 0.0162. The van der Waals surface area contributed by atoms with Crippen molar-refractivity contribution in [2.75, 3.05) is 18.4 Å². The average molecular weight is 471 g/mol. The number of benzene rings is 2. The fourth-order valence-electron chi connectivity index (χ4n) is 4.18. The molecule has 0 saturated carbocycles. The van der Waals surface area contributed by atoms with Gasteiger partial charge in [-0.3, -0.25) is 4.79 Å². The first-order valence-corrected chi connectivity index (χ1v) is 12.2. The lowest BCUT2D eigenvalue weighted by molar-refractivity contribution is -0.124. The summed E-state index contributed by atoms with van der Waals surface area (Å²) in [5, 5.41) is 10.2. The van der Waals surface area contributed by atoms with Crippen LogP contribution in [-0.2, 0) is 11.3 Å². The van der Waals surface area contributed by atoms with Crippen molar-refractivity contribution in [1.29, 1.82) is 0 Å². The van der Waals surface area contributed by atoms with Crippen LogP contribution in [0.15, 0.2) is 85.0 Å². The lowest BCUT2D eigenvalue weighted by atomic mass is 10.0. The van der Waals surface area contributed by atoms with Crippen molar-refractivity contribution in [1.82, 2.24) is 25.5 Å². The van der Waals surface area contributed by atoms with E-state index in [0.29, 0.717) is 24.8 Å². The number of aromatic nitrogens is 2. The van der Waals surface area contributed by atoms with E-state index in [-0.39, 0.29) is 18.0 Å². The van der Waals surface area contributed by atoms with Crippen molar-refractivity contribution < 1.29 is 4.79 Å². The molecule has 4 rings (SSSR count). The summed E-state index contributed by atoms with van der Waals surface area (Å²) in [6.07, 6.45) is 5.36. The zero-order valence-corrected chi connectivity index (χ0v) is 20.6. The van der Waals surface area contributed by atoms with E-state index < -0.39 is 0 Å². The third-order valence-electron chi connectivity index (χ3n) is 5.89. The second-order valence-corrected chi connectivity index (χ2v) is 9.13. The van der Waals surface area contributed by atoms with E-state index in [9.17, 15) is 4.79 Å². The summed E-state index contributed by atoms with van der Waals surface area (Å²) in [6.45, 7) is 8.34. The number of hydrogen-bond donors (Lipinski definition) is 3. The van der Waals surface area contributed by atoms with E-state index in [0.717, 1.165) is 29.1 Å². The monoisotopic (exact) mass is 470 g/mol. The molecule has 0 saturated heterocycles. The highest BCUT2D eigenvalue weighted by molar-refractivity contribution is 5.83. The van der Waals surface area contributed by atoms with Crippen LogP contribution >= 0.6 is 0 Å². The third kappa shape index (κ3) is 6.18. The Bertz CT molecular complexity index is 1120. The Morgan fingerprint density at radius 3 is 2.37 bits per heavy atom. The van der Waals surface area contributed by atoms with Crippen molar-refractivity contribution >= 4 is 11.6 Å². The van der Waals surface area contributed by atoms with Gasteiger partial charge in [-0.05, 0) is 36.6 Å². The second-order valence-electron chi connectivity index (χ2n) is 9.13. The number of para-hydroxylation sites is 1. The van der Waals surface area contributed by atoms with Gasteiger partial charge >= 0.3 is 0 Å². The molecular weight excluding hydrogens is 436 g/mol. The molecule has 7 nitrogen and oxygen atoms in total. The van der Waals surface area contributed by atoms with Crippen LogP contribution in [0, 0.1) is 11.8 Å². The summed E-state index contributed by atoms with van der Waals surface area (Å²) >= 11 is 0. The number of carbonyl (C=O) groups is 1.